The predicted molar refractivity (Wildman–Crippen MR) is 66.4 cm³/mol. The van der Waals surface area contributed by atoms with E-state index in [9.17, 15) is 0 Å². The Hall–Kier alpha value is -0.380. The highest BCUT2D eigenvalue weighted by atomic mass is 32.1. The first-order valence-corrected chi connectivity index (χ1v) is 6.55. The summed E-state index contributed by atoms with van der Waals surface area (Å²) >= 11 is 1.74. The summed E-state index contributed by atoms with van der Waals surface area (Å²) in [5, 5.41) is 7.82. The molecule has 0 saturated carbocycles. The maximum absolute atomic E-state index is 5.67. The van der Waals surface area contributed by atoms with Gasteiger partial charge in [0.25, 0.3) is 0 Å². The molecule has 1 atom stereocenters. The van der Waals surface area contributed by atoms with Crippen LogP contribution in [-0.2, 0) is 4.74 Å². The number of rotatable bonds is 7. The van der Waals surface area contributed by atoms with Crippen LogP contribution in [0.15, 0.2) is 16.8 Å². The Morgan fingerprint density at radius 1 is 1.47 bits per heavy atom. The van der Waals surface area contributed by atoms with Crippen molar-refractivity contribution in [2.24, 2.45) is 0 Å². The maximum Gasteiger partial charge on any atom is 0.0665 e. The van der Waals surface area contributed by atoms with Gasteiger partial charge in [-0.05, 0) is 49.2 Å². The zero-order valence-corrected chi connectivity index (χ0v) is 10.6. The third kappa shape index (κ3) is 4.78. The molecule has 15 heavy (non-hydrogen) atoms. The fourth-order valence-electron chi connectivity index (χ4n) is 1.35. The molecule has 0 aliphatic carbocycles. The van der Waals surface area contributed by atoms with E-state index in [1.807, 2.05) is 0 Å². The van der Waals surface area contributed by atoms with Crippen molar-refractivity contribution in [3.8, 4) is 0 Å². The van der Waals surface area contributed by atoms with E-state index in [-0.39, 0.29) is 0 Å². The van der Waals surface area contributed by atoms with Crippen molar-refractivity contribution in [3.63, 3.8) is 0 Å². The summed E-state index contributed by atoms with van der Waals surface area (Å²) in [6.45, 7) is 8.13. The molecule has 0 bridgehead atoms. The van der Waals surface area contributed by atoms with Crippen LogP contribution in [0.25, 0.3) is 0 Å². The lowest BCUT2D eigenvalue weighted by Crippen LogP contribution is -2.27. The van der Waals surface area contributed by atoms with Crippen molar-refractivity contribution in [1.29, 1.82) is 0 Å². The Morgan fingerprint density at radius 3 is 2.80 bits per heavy atom. The SMILES string of the molecule is CCCNC(COC(C)C)c1ccsc1. The van der Waals surface area contributed by atoms with Crippen molar-refractivity contribution in [2.45, 2.75) is 39.3 Å². The van der Waals surface area contributed by atoms with Gasteiger partial charge in [0.05, 0.1) is 18.8 Å². The summed E-state index contributed by atoms with van der Waals surface area (Å²) in [5.74, 6) is 0. The summed E-state index contributed by atoms with van der Waals surface area (Å²) in [6, 6.07) is 2.51. The van der Waals surface area contributed by atoms with Gasteiger partial charge in [-0.15, -0.1) is 0 Å². The van der Waals surface area contributed by atoms with Crippen LogP contribution in [-0.4, -0.2) is 19.3 Å². The van der Waals surface area contributed by atoms with Crippen LogP contribution in [0.3, 0.4) is 0 Å². The summed E-state index contributed by atoms with van der Waals surface area (Å²) in [7, 11) is 0. The molecule has 0 spiro atoms. The molecule has 1 heterocycles. The Morgan fingerprint density at radius 2 is 2.27 bits per heavy atom. The molecule has 0 saturated heterocycles. The monoisotopic (exact) mass is 227 g/mol. The summed E-state index contributed by atoms with van der Waals surface area (Å²) in [6.07, 6.45) is 1.46. The summed E-state index contributed by atoms with van der Waals surface area (Å²) in [4.78, 5) is 0. The van der Waals surface area contributed by atoms with Crippen LogP contribution < -0.4 is 5.32 Å². The van der Waals surface area contributed by atoms with E-state index in [1.54, 1.807) is 11.3 Å². The molecule has 1 unspecified atom stereocenters. The fraction of sp³-hybridized carbons (Fsp3) is 0.667. The van der Waals surface area contributed by atoms with Gasteiger partial charge in [0.1, 0.15) is 0 Å². The lowest BCUT2D eigenvalue weighted by molar-refractivity contribution is 0.0612. The van der Waals surface area contributed by atoms with E-state index in [1.165, 1.54) is 5.56 Å². The van der Waals surface area contributed by atoms with Crippen LogP contribution in [0.5, 0.6) is 0 Å². The highest BCUT2D eigenvalue weighted by molar-refractivity contribution is 7.07. The third-order valence-electron chi connectivity index (χ3n) is 2.18. The molecule has 86 valence electrons. The van der Waals surface area contributed by atoms with Gasteiger partial charge in [-0.2, -0.15) is 11.3 Å². The zero-order chi connectivity index (χ0) is 11.1. The Bertz CT molecular complexity index is 246. The molecule has 0 fully saturated rings. The molecule has 1 rings (SSSR count). The van der Waals surface area contributed by atoms with Gasteiger partial charge < -0.3 is 10.1 Å². The van der Waals surface area contributed by atoms with Gasteiger partial charge in [-0.3, -0.25) is 0 Å². The lowest BCUT2D eigenvalue weighted by atomic mass is 10.1. The van der Waals surface area contributed by atoms with E-state index >= 15 is 0 Å². The smallest absolute Gasteiger partial charge is 0.0665 e. The lowest BCUT2D eigenvalue weighted by Gasteiger charge is -2.19. The van der Waals surface area contributed by atoms with Crippen LogP contribution in [0.4, 0.5) is 0 Å². The second-order valence-electron chi connectivity index (χ2n) is 3.95. The van der Waals surface area contributed by atoms with Gasteiger partial charge in [0.2, 0.25) is 0 Å². The molecule has 2 nitrogen and oxygen atoms in total. The molecular weight excluding hydrogens is 206 g/mol. The standard InChI is InChI=1S/C12H21NOS/c1-4-6-13-12(8-14-10(2)3)11-5-7-15-9-11/h5,7,9-10,12-13H,4,6,8H2,1-3H3. The Kier molecular flexibility index (Phi) is 5.91. The third-order valence-corrected chi connectivity index (χ3v) is 2.88. The van der Waals surface area contributed by atoms with Crippen LogP contribution in [0, 0.1) is 0 Å². The Labute approximate surface area is 96.7 Å². The predicted octanol–water partition coefficient (Wildman–Crippen LogP) is 3.21. The van der Waals surface area contributed by atoms with Gasteiger partial charge in [-0.1, -0.05) is 6.92 Å². The minimum Gasteiger partial charge on any atom is -0.377 e. The van der Waals surface area contributed by atoms with Gasteiger partial charge in [-0.25, -0.2) is 0 Å². The average molecular weight is 227 g/mol. The zero-order valence-electron chi connectivity index (χ0n) is 9.82. The van der Waals surface area contributed by atoms with Crippen LogP contribution in [0.1, 0.15) is 38.8 Å². The molecule has 0 aliphatic heterocycles. The molecule has 1 N–H and O–H groups in total. The second-order valence-corrected chi connectivity index (χ2v) is 4.73. The normalized spacial score (nSPS) is 13.3. The minimum atomic E-state index is 0.301. The fourth-order valence-corrected chi connectivity index (χ4v) is 2.07. The number of nitrogens with one attached hydrogen (secondary N) is 1. The molecule has 1 aromatic rings. The minimum absolute atomic E-state index is 0.301. The van der Waals surface area contributed by atoms with Gasteiger partial charge >= 0.3 is 0 Å². The van der Waals surface area contributed by atoms with E-state index in [4.69, 9.17) is 4.74 Å². The van der Waals surface area contributed by atoms with Crippen LogP contribution >= 0.6 is 11.3 Å². The average Bonchev–Trinajstić information content (AvgIpc) is 2.71. The number of ether oxygens (including phenoxy) is 1. The van der Waals surface area contributed by atoms with Crippen molar-refractivity contribution in [1.82, 2.24) is 5.32 Å². The molecule has 0 aromatic carbocycles. The molecule has 0 aliphatic rings. The molecule has 0 radical (unpaired) electrons. The number of hydrogen-bond acceptors (Lipinski definition) is 3. The van der Waals surface area contributed by atoms with Crippen molar-refractivity contribution < 1.29 is 4.74 Å². The van der Waals surface area contributed by atoms with Gasteiger partial charge in [0, 0.05) is 0 Å². The van der Waals surface area contributed by atoms with E-state index in [0.717, 1.165) is 19.6 Å². The van der Waals surface area contributed by atoms with Gasteiger partial charge in [0.15, 0.2) is 0 Å². The number of thiophene rings is 1. The summed E-state index contributed by atoms with van der Waals surface area (Å²) < 4.78 is 5.67. The summed E-state index contributed by atoms with van der Waals surface area (Å²) in [5.41, 5.74) is 1.34. The van der Waals surface area contributed by atoms with Crippen molar-refractivity contribution in [2.75, 3.05) is 13.2 Å². The molecular formula is C12H21NOS. The van der Waals surface area contributed by atoms with Crippen molar-refractivity contribution >= 4 is 11.3 Å². The second kappa shape index (κ2) is 6.99. The molecule has 3 heteroatoms. The highest BCUT2D eigenvalue weighted by Crippen LogP contribution is 2.17. The van der Waals surface area contributed by atoms with Crippen LogP contribution in [0.2, 0.25) is 0 Å². The largest absolute Gasteiger partial charge is 0.377 e. The van der Waals surface area contributed by atoms with E-state index in [2.05, 4.69) is 42.9 Å². The first-order valence-electron chi connectivity index (χ1n) is 5.61. The number of hydrogen-bond donors (Lipinski definition) is 1. The first-order chi connectivity index (χ1) is 7.24. The van der Waals surface area contributed by atoms with E-state index < -0.39 is 0 Å². The molecule has 0 amide bonds. The van der Waals surface area contributed by atoms with Crippen molar-refractivity contribution in [3.05, 3.63) is 22.4 Å². The maximum atomic E-state index is 5.67. The topological polar surface area (TPSA) is 21.3 Å². The molecule has 1 aromatic heterocycles. The Balaban J connectivity index is 2.46. The highest BCUT2D eigenvalue weighted by Gasteiger charge is 2.11. The van der Waals surface area contributed by atoms with E-state index in [0.29, 0.717) is 12.1 Å². The first kappa shape index (κ1) is 12.7. The quantitative estimate of drug-likeness (QED) is 0.772.